The number of aliphatic hydroxyl groups is 1. The summed E-state index contributed by atoms with van der Waals surface area (Å²) in [6.07, 6.45) is 0. The summed E-state index contributed by atoms with van der Waals surface area (Å²) in [5.41, 5.74) is 3.36. The van der Waals surface area contributed by atoms with E-state index in [1.807, 2.05) is 30.3 Å². The highest BCUT2D eigenvalue weighted by atomic mass is 35.5. The maximum Gasteiger partial charge on any atom is 0.124 e. The number of nitrogens with one attached hydrogen (secondary N) is 2. The van der Waals surface area contributed by atoms with Crippen LogP contribution < -0.4 is 10.6 Å². The van der Waals surface area contributed by atoms with Crippen LogP contribution in [0.4, 0.5) is 4.39 Å². The Hall–Kier alpha value is -2.32. The van der Waals surface area contributed by atoms with Gasteiger partial charge < -0.3 is 15.7 Å². The largest absolute Gasteiger partial charge is 0.395 e. The van der Waals surface area contributed by atoms with Crippen molar-refractivity contribution in [2.75, 3.05) is 26.2 Å². The Morgan fingerprint density at radius 3 is 2.54 bits per heavy atom. The Morgan fingerprint density at radius 2 is 1.79 bits per heavy atom. The normalized spacial score (nSPS) is 11.1. The fourth-order valence-corrected chi connectivity index (χ4v) is 3.01. The highest BCUT2D eigenvalue weighted by molar-refractivity contribution is 6.31. The van der Waals surface area contributed by atoms with Crippen LogP contribution in [-0.4, -0.2) is 46.3 Å². The lowest BCUT2D eigenvalue weighted by atomic mass is 10.1. The second-order valence-corrected chi connectivity index (χ2v) is 6.69. The van der Waals surface area contributed by atoms with Crippen molar-refractivity contribution in [1.82, 2.24) is 25.6 Å². The van der Waals surface area contributed by atoms with Crippen LogP contribution in [0.5, 0.6) is 0 Å². The van der Waals surface area contributed by atoms with E-state index in [0.717, 1.165) is 35.6 Å². The van der Waals surface area contributed by atoms with E-state index in [9.17, 15) is 4.39 Å². The molecular formula is C20H23ClFN5O. The molecule has 0 unspecified atom stereocenters. The molecule has 3 aromatic rings. The maximum absolute atomic E-state index is 13.3. The Morgan fingerprint density at radius 1 is 1.00 bits per heavy atom. The molecule has 28 heavy (non-hydrogen) atoms. The lowest BCUT2D eigenvalue weighted by Gasteiger charge is -2.05. The Balaban J connectivity index is 1.75. The van der Waals surface area contributed by atoms with Gasteiger partial charge in [-0.3, -0.25) is 0 Å². The first-order valence-corrected chi connectivity index (χ1v) is 9.51. The van der Waals surface area contributed by atoms with Crippen molar-refractivity contribution in [3.8, 4) is 11.3 Å². The van der Waals surface area contributed by atoms with E-state index in [2.05, 4.69) is 20.8 Å². The molecule has 0 radical (unpaired) electrons. The van der Waals surface area contributed by atoms with Crippen molar-refractivity contribution >= 4 is 11.6 Å². The van der Waals surface area contributed by atoms with Crippen LogP contribution in [0.15, 0.2) is 48.5 Å². The van der Waals surface area contributed by atoms with Gasteiger partial charge in [0.15, 0.2) is 0 Å². The van der Waals surface area contributed by atoms with Crippen molar-refractivity contribution < 1.29 is 9.50 Å². The fraction of sp³-hybridized carbons (Fsp3) is 0.300. The van der Waals surface area contributed by atoms with E-state index in [0.29, 0.717) is 24.7 Å². The molecule has 0 saturated heterocycles. The first-order valence-electron chi connectivity index (χ1n) is 9.13. The third-order valence-electron chi connectivity index (χ3n) is 4.16. The molecule has 0 aliphatic rings. The number of nitrogens with zero attached hydrogens (tertiary/aromatic N) is 3. The molecule has 1 heterocycles. The summed E-state index contributed by atoms with van der Waals surface area (Å²) in [5.74, 6) is -0.369. The van der Waals surface area contributed by atoms with Gasteiger partial charge >= 0.3 is 0 Å². The summed E-state index contributed by atoms with van der Waals surface area (Å²) in [7, 11) is 0. The van der Waals surface area contributed by atoms with Gasteiger partial charge in [-0.05, 0) is 17.7 Å². The molecule has 0 spiro atoms. The molecule has 8 heteroatoms. The smallest absolute Gasteiger partial charge is 0.124 e. The van der Waals surface area contributed by atoms with Gasteiger partial charge in [-0.1, -0.05) is 48.0 Å². The number of benzene rings is 2. The van der Waals surface area contributed by atoms with Crippen LogP contribution in [0.25, 0.3) is 11.3 Å². The topological polar surface area (TPSA) is 75.0 Å². The van der Waals surface area contributed by atoms with Crippen LogP contribution in [0.1, 0.15) is 11.3 Å². The van der Waals surface area contributed by atoms with Gasteiger partial charge in [-0.2, -0.15) is 15.0 Å². The summed E-state index contributed by atoms with van der Waals surface area (Å²) in [6, 6.07) is 14.2. The number of hydrogen-bond donors (Lipinski definition) is 3. The van der Waals surface area contributed by atoms with E-state index in [-0.39, 0.29) is 12.4 Å². The summed E-state index contributed by atoms with van der Waals surface area (Å²) >= 11 is 6.14. The second-order valence-electron chi connectivity index (χ2n) is 6.28. The molecule has 148 valence electrons. The Kier molecular flexibility index (Phi) is 7.50. The van der Waals surface area contributed by atoms with Crippen LogP contribution in [0.2, 0.25) is 5.02 Å². The molecule has 0 atom stereocenters. The minimum Gasteiger partial charge on any atom is -0.395 e. The van der Waals surface area contributed by atoms with E-state index in [1.54, 1.807) is 10.9 Å². The zero-order chi connectivity index (χ0) is 19.8. The molecule has 0 bridgehead atoms. The molecule has 6 nitrogen and oxygen atoms in total. The zero-order valence-electron chi connectivity index (χ0n) is 15.4. The van der Waals surface area contributed by atoms with E-state index in [1.165, 1.54) is 12.1 Å². The van der Waals surface area contributed by atoms with Crippen LogP contribution in [0, 0.1) is 5.82 Å². The lowest BCUT2D eigenvalue weighted by molar-refractivity contribution is 0.292. The molecule has 3 rings (SSSR count). The molecule has 2 aromatic carbocycles. The van der Waals surface area contributed by atoms with Crippen molar-refractivity contribution in [1.29, 1.82) is 0 Å². The molecular weight excluding hydrogens is 381 g/mol. The summed E-state index contributed by atoms with van der Waals surface area (Å²) in [4.78, 5) is 1.59. The first-order chi connectivity index (χ1) is 13.7. The minimum atomic E-state index is -0.369. The monoisotopic (exact) mass is 403 g/mol. The SMILES string of the molecule is OCCNCCNCc1nn(Cc2ccc(F)cc2Cl)nc1-c1ccccc1. The van der Waals surface area contributed by atoms with Gasteiger partial charge in [0, 0.05) is 36.8 Å². The quantitative estimate of drug-likeness (QED) is 0.453. The molecule has 0 aliphatic heterocycles. The second kappa shape index (κ2) is 10.3. The van der Waals surface area contributed by atoms with E-state index >= 15 is 0 Å². The van der Waals surface area contributed by atoms with Gasteiger partial charge in [-0.15, -0.1) is 0 Å². The molecule has 0 aliphatic carbocycles. The van der Waals surface area contributed by atoms with Crippen LogP contribution in [-0.2, 0) is 13.1 Å². The van der Waals surface area contributed by atoms with Gasteiger partial charge in [0.2, 0.25) is 0 Å². The fourth-order valence-electron chi connectivity index (χ4n) is 2.78. The third kappa shape index (κ3) is 5.59. The summed E-state index contributed by atoms with van der Waals surface area (Å²) < 4.78 is 13.3. The summed E-state index contributed by atoms with van der Waals surface area (Å²) in [5, 5.41) is 24.8. The predicted molar refractivity (Wildman–Crippen MR) is 108 cm³/mol. The standard InChI is InChI=1S/C20H23ClFN5O/c21-18-12-17(22)7-6-16(18)14-27-25-19(13-24-9-8-23-10-11-28)20(26-27)15-4-2-1-3-5-15/h1-7,12,23-24,28H,8-11,13-14H2. The van der Waals surface area contributed by atoms with Gasteiger partial charge in [0.1, 0.15) is 17.2 Å². The predicted octanol–water partition coefficient (Wildman–Crippen LogP) is 2.46. The van der Waals surface area contributed by atoms with Crippen LogP contribution >= 0.6 is 11.6 Å². The minimum absolute atomic E-state index is 0.123. The van der Waals surface area contributed by atoms with Crippen molar-refractivity contribution in [2.24, 2.45) is 0 Å². The average molecular weight is 404 g/mol. The zero-order valence-corrected chi connectivity index (χ0v) is 16.2. The van der Waals surface area contributed by atoms with E-state index in [4.69, 9.17) is 16.7 Å². The molecule has 3 N–H and O–H groups in total. The van der Waals surface area contributed by atoms with Crippen molar-refractivity contribution in [3.63, 3.8) is 0 Å². The number of hydrogen-bond acceptors (Lipinski definition) is 5. The van der Waals surface area contributed by atoms with Crippen molar-refractivity contribution in [2.45, 2.75) is 13.1 Å². The van der Waals surface area contributed by atoms with Gasteiger partial charge in [-0.25, -0.2) is 4.39 Å². The summed E-state index contributed by atoms with van der Waals surface area (Å²) in [6.45, 7) is 3.11. The Labute approximate surface area is 168 Å². The highest BCUT2D eigenvalue weighted by Crippen LogP contribution is 2.22. The van der Waals surface area contributed by atoms with Gasteiger partial charge in [0.25, 0.3) is 0 Å². The average Bonchev–Trinajstić information content (AvgIpc) is 3.10. The lowest BCUT2D eigenvalue weighted by Crippen LogP contribution is -2.29. The Bertz CT molecular complexity index is 888. The van der Waals surface area contributed by atoms with E-state index < -0.39 is 0 Å². The third-order valence-corrected chi connectivity index (χ3v) is 4.51. The molecule has 0 fully saturated rings. The maximum atomic E-state index is 13.3. The molecule has 0 amide bonds. The van der Waals surface area contributed by atoms with Crippen LogP contribution in [0.3, 0.4) is 0 Å². The highest BCUT2D eigenvalue weighted by Gasteiger charge is 2.14. The number of halogens is 2. The number of rotatable bonds is 10. The molecule has 0 saturated carbocycles. The van der Waals surface area contributed by atoms with Crippen molar-refractivity contribution in [3.05, 3.63) is 70.6 Å². The van der Waals surface area contributed by atoms with Gasteiger partial charge in [0.05, 0.1) is 13.2 Å². The first kappa shape index (κ1) is 20.4. The number of aromatic nitrogens is 3. The number of aliphatic hydroxyl groups excluding tert-OH is 1. The molecule has 1 aromatic heterocycles.